The van der Waals surface area contributed by atoms with Gasteiger partial charge in [0.25, 0.3) is 23.3 Å². The summed E-state index contributed by atoms with van der Waals surface area (Å²) in [6, 6.07) is 30.9. The highest BCUT2D eigenvalue weighted by molar-refractivity contribution is 7.91. The normalized spacial score (nSPS) is 13.8. The van der Waals surface area contributed by atoms with Crippen LogP contribution in [0.4, 0.5) is 22.0 Å². The van der Waals surface area contributed by atoms with Gasteiger partial charge >= 0.3 is 11.9 Å². The number of H-pyrrole nitrogens is 2. The number of nitrogens with zero attached hydrogens (tertiary/aromatic N) is 6. The highest BCUT2D eigenvalue weighted by Gasteiger charge is 2.42. The van der Waals surface area contributed by atoms with Gasteiger partial charge in [0.05, 0.1) is 147 Å². The van der Waals surface area contributed by atoms with E-state index in [4.69, 9.17) is 69.8 Å². The molecule has 1 fully saturated rings. The first-order valence-corrected chi connectivity index (χ1v) is 49.8. The van der Waals surface area contributed by atoms with E-state index in [1.165, 1.54) is 110 Å². The number of carbonyl (C=O) groups is 8. The number of hydrogen-bond acceptors (Lipinski definition) is 21. The number of sulfonamides is 2. The van der Waals surface area contributed by atoms with Gasteiger partial charge < -0.3 is 61.9 Å². The van der Waals surface area contributed by atoms with Crippen molar-refractivity contribution in [2.75, 3.05) is 6.26 Å². The number of rotatable bonds is 20. The van der Waals surface area contributed by atoms with Gasteiger partial charge in [0, 0.05) is 111 Å². The minimum Gasteiger partial charge on any atom is -0.477 e. The largest absolute Gasteiger partial charge is 0.477 e. The number of furan rings is 4. The van der Waals surface area contributed by atoms with Gasteiger partial charge in [-0.15, -0.1) is 11.3 Å². The minimum atomic E-state index is -4.04. The van der Waals surface area contributed by atoms with E-state index in [2.05, 4.69) is 24.7 Å². The first kappa shape index (κ1) is 97.0. The SMILES string of the molecule is CS(=O)(=O)NC(=O)c1c(C2=CC=CCC2=O)c2c3occc3c(F)cc2n1Cc1csc(C(N)=O)c1.O=C(O)c1c(-c2ccc[nH]c2=O)c2c3occc3c(F)cc2n1Cc1c(Cl)nc2ccccc2c1Cl.O=C1CC=CC=C1c1c(C(=O)NS(=O)(=O)C2CC2)n(Cc2cc(=O)[nH]cc2F)c2cc(F)c3ccoc3c12.O=C1CC=CC=C1c1c(C(=O)O)n(Cc2cc3ccccc3nc2Cl)c2cc(F)c3c(Cl)coc3c12. The average Bonchev–Trinajstić information content (AvgIpc) is 1.57. The van der Waals surface area contributed by atoms with Crippen molar-refractivity contribution in [1.82, 2.24) is 47.6 Å². The Morgan fingerprint density at radius 3 is 1.51 bits per heavy atom. The van der Waals surface area contributed by atoms with Crippen molar-refractivity contribution < 1.29 is 105 Å². The monoisotopic (exact) mass is 2110 g/mol. The van der Waals surface area contributed by atoms with Crippen molar-refractivity contribution in [2.24, 2.45) is 5.73 Å². The van der Waals surface area contributed by atoms with E-state index >= 15 is 17.6 Å². The number of carbonyl (C=O) groups excluding carboxylic acids is 6. The molecule has 734 valence electrons. The molecule has 6 aromatic carbocycles. The molecule has 4 aliphatic carbocycles. The summed E-state index contributed by atoms with van der Waals surface area (Å²) in [5.74, 6) is -9.68. The maximum absolute atomic E-state index is 15.2. The summed E-state index contributed by atoms with van der Waals surface area (Å²) in [6.45, 7) is -0.674. The van der Waals surface area contributed by atoms with Gasteiger partial charge in [0.2, 0.25) is 25.6 Å². The minimum absolute atomic E-state index is 0.0179. The predicted octanol–water partition coefficient (Wildman–Crippen LogP) is 20.4. The number of fused-ring (bicyclic) bond motifs is 14. The van der Waals surface area contributed by atoms with Gasteiger partial charge in [-0.1, -0.05) is 137 Å². The highest BCUT2D eigenvalue weighted by Crippen LogP contribution is 2.49. The molecular weight excluding hydrogens is 2040 g/mol. The van der Waals surface area contributed by atoms with Crippen molar-refractivity contribution in [3.05, 3.63) is 356 Å². The fourth-order valence-electron chi connectivity index (χ4n) is 18.5. The number of primary amides is 1. The van der Waals surface area contributed by atoms with E-state index < -0.39 is 102 Å². The van der Waals surface area contributed by atoms with E-state index in [1.54, 1.807) is 78.2 Å². The number of ketones is 3. The fourth-order valence-corrected chi connectivity index (χ4v) is 22.0. The van der Waals surface area contributed by atoms with Gasteiger partial charge in [-0.25, -0.2) is 67.8 Å². The predicted molar refractivity (Wildman–Crippen MR) is 538 cm³/mol. The molecule has 13 heterocycles. The topological polar surface area (TPSA) is 459 Å². The standard InChI is InChI=1S/C27H15Cl2FN2O4.C26H14Cl2FN3O4.C26H19F2N3O6S.C24H18FN3O6S2/c28-16-12-36-25-22(16)17(30)10-19-23(25)21(15-6-2-4-8-20(15)33)24(27(34)35)32(19)11-14-9-13-5-1-3-7-18(13)31-26(14)29;27-21-13-4-1-2-6-17(13)31-24(28)15(21)11-32-18-10-16(29)12-7-9-36-23(12)20(18)19(22(32)26(34)35)14-5-3-8-30-25(14)33;27-17-10-19-23(25-15(17)7-8-37-25)22(16-3-1-2-4-20(16)32)24(26(34)30-38(35,36)14-5-6-14)31(19)12-13-9-21(33)29-11-18(13)28;1-36(32,33)27-24(31)21-19(14-4-2-3-5-17(14)29)20-16(9-15(25)13-6-7-34-22(13)20)28(21)10-12-8-18(23(26)30)35-11-12/h1-7,9-10,12H,8,11H2,(H,34,35);1-10H,11H2,(H,30,33)(H,34,35);1-3,7-11,14H,4-6,12H2,(H,29,33)(H,30,34);2-4,6-9,11H,5,10H2,1H3,(H2,26,30)(H,27,31). The lowest BCUT2D eigenvalue weighted by Crippen LogP contribution is -2.35. The van der Waals surface area contributed by atoms with Crippen LogP contribution in [0.3, 0.4) is 0 Å². The van der Waals surface area contributed by atoms with Crippen LogP contribution >= 0.6 is 57.7 Å². The van der Waals surface area contributed by atoms with Crippen molar-refractivity contribution in [2.45, 2.75) is 63.5 Å². The number of thiophene rings is 1. The Bertz CT molecular complexity index is 9610. The Labute approximate surface area is 839 Å². The smallest absolute Gasteiger partial charge is 0.353 e. The summed E-state index contributed by atoms with van der Waals surface area (Å²) in [5.41, 5.74) is 7.86. The summed E-state index contributed by atoms with van der Waals surface area (Å²) in [7, 11) is -8.03. The number of para-hydroxylation sites is 2. The quantitative estimate of drug-likeness (QED) is 0.0275. The second-order valence-electron chi connectivity index (χ2n) is 34.0. The molecule has 0 unspecified atom stereocenters. The number of Topliss-reactive ketones (excluding diaryl/α,β-unsaturated/α-hetero) is 3. The van der Waals surface area contributed by atoms with Gasteiger partial charge in [0.1, 0.15) is 90.8 Å². The number of benzene rings is 6. The van der Waals surface area contributed by atoms with Gasteiger partial charge in [-0.2, -0.15) is 0 Å². The van der Waals surface area contributed by atoms with Crippen LogP contribution < -0.4 is 26.3 Å². The lowest BCUT2D eigenvalue weighted by atomic mass is 9.93. The van der Waals surface area contributed by atoms with Gasteiger partial charge in [-0.05, 0) is 103 Å². The number of amides is 3. The molecule has 0 bridgehead atoms. The number of allylic oxidation sites excluding steroid dienone is 12. The van der Waals surface area contributed by atoms with Crippen LogP contribution in [0.25, 0.3) is 137 Å². The molecule has 3 amide bonds. The number of carboxylic acid groups (broad SMARTS) is 2. The average molecular weight is 2110 g/mol. The Balaban J connectivity index is 0.000000118. The van der Waals surface area contributed by atoms with Crippen LogP contribution in [0.2, 0.25) is 20.4 Å². The summed E-state index contributed by atoms with van der Waals surface area (Å²) in [6.07, 6.45) is 23.6. The number of nitrogens with one attached hydrogen (secondary N) is 4. The van der Waals surface area contributed by atoms with Crippen molar-refractivity contribution in [1.29, 1.82) is 0 Å². The van der Waals surface area contributed by atoms with E-state index in [1.807, 2.05) is 35.1 Å². The van der Waals surface area contributed by atoms with E-state index in [-0.39, 0.29) is 237 Å². The number of hydrogen-bond donors (Lipinski definition) is 7. The summed E-state index contributed by atoms with van der Waals surface area (Å²) in [4.78, 5) is 142. The number of carboxylic acids is 2. The van der Waals surface area contributed by atoms with Crippen LogP contribution in [0.15, 0.2) is 246 Å². The second-order valence-corrected chi connectivity index (χ2v) is 40.2. The molecule has 4 aliphatic rings. The third-order valence-corrected chi connectivity index (χ3v) is 29.6. The zero-order valence-corrected chi connectivity index (χ0v) is 80.3. The Morgan fingerprint density at radius 2 is 0.986 bits per heavy atom. The number of aromatic nitrogens is 8. The number of nitrogens with two attached hydrogens (primary N) is 1. The summed E-state index contributed by atoms with van der Waals surface area (Å²) in [5, 5.41) is 25.1. The maximum Gasteiger partial charge on any atom is 0.353 e. The molecule has 0 radical (unpaired) electrons. The number of halogens is 9. The summed E-state index contributed by atoms with van der Waals surface area (Å²) < 4.78 is 157. The maximum atomic E-state index is 15.2. The molecule has 0 saturated heterocycles. The lowest BCUT2D eigenvalue weighted by molar-refractivity contribution is -0.113. The van der Waals surface area contributed by atoms with Crippen LogP contribution in [0.1, 0.15) is 123 Å². The Hall–Kier alpha value is -16.4. The molecule has 13 aromatic heterocycles. The second kappa shape index (κ2) is 38.0. The third kappa shape index (κ3) is 17.5. The van der Waals surface area contributed by atoms with E-state index in [9.17, 15) is 79.4 Å². The van der Waals surface area contributed by atoms with Crippen LogP contribution in [-0.2, 0) is 60.6 Å². The van der Waals surface area contributed by atoms with E-state index in [0.29, 0.717) is 51.0 Å². The van der Waals surface area contributed by atoms with Crippen molar-refractivity contribution in [3.8, 4) is 11.1 Å². The van der Waals surface area contributed by atoms with Crippen molar-refractivity contribution in [3.63, 3.8) is 0 Å². The highest BCUT2D eigenvalue weighted by atomic mass is 35.5. The Kier molecular flexibility index (Phi) is 25.3. The number of aromatic carboxylic acids is 2. The molecule has 31 nitrogen and oxygen atoms in total. The number of pyridine rings is 4. The van der Waals surface area contributed by atoms with Crippen LogP contribution in [0.5, 0.6) is 0 Å². The molecule has 146 heavy (non-hydrogen) atoms. The Morgan fingerprint density at radius 1 is 0.507 bits per heavy atom. The molecular formula is C103H66Cl4F5N11O20S3. The van der Waals surface area contributed by atoms with Crippen LogP contribution in [0, 0.1) is 29.1 Å². The van der Waals surface area contributed by atoms with Gasteiger partial charge in [-0.3, -0.25) is 38.4 Å². The molecule has 0 atom stereocenters. The van der Waals surface area contributed by atoms with E-state index in [0.717, 1.165) is 41.3 Å². The molecule has 23 rings (SSSR count). The molecule has 8 N–H and O–H groups in total. The zero-order valence-electron chi connectivity index (χ0n) is 74.9. The first-order valence-electron chi connectivity index (χ1n) is 43.9. The number of aromatic amines is 2. The molecule has 0 spiro atoms. The van der Waals surface area contributed by atoms with Crippen LogP contribution in [-0.4, -0.2) is 124 Å². The third-order valence-electron chi connectivity index (χ3n) is 24.9. The fraction of sp³-hybridized carbons (Fsp3) is 0.107. The summed E-state index contributed by atoms with van der Waals surface area (Å²) >= 11 is 27.0. The first-order chi connectivity index (χ1) is 69.9. The van der Waals surface area contributed by atoms with Gasteiger partial charge in [0.15, 0.2) is 17.3 Å². The zero-order chi connectivity index (χ0) is 103. The molecule has 1 saturated carbocycles. The molecule has 43 heteroatoms. The van der Waals surface area contributed by atoms with Crippen molar-refractivity contribution >= 4 is 251 Å². The molecule has 19 aromatic rings. The molecule has 0 aliphatic heterocycles. The lowest BCUT2D eigenvalue weighted by Gasteiger charge is -2.15.